The molecule has 136 valence electrons. The molecule has 0 spiro atoms. The van der Waals surface area contributed by atoms with Gasteiger partial charge in [-0.25, -0.2) is 0 Å². The zero-order valence-corrected chi connectivity index (χ0v) is 16.0. The lowest BCUT2D eigenvalue weighted by Gasteiger charge is -2.14. The number of carbonyl (C=O) groups is 1. The second-order valence-electron chi connectivity index (χ2n) is 6.20. The topological polar surface area (TPSA) is 79.9 Å². The quantitative estimate of drug-likeness (QED) is 0.602. The van der Waals surface area contributed by atoms with Crippen molar-refractivity contribution in [1.82, 2.24) is 0 Å². The molecule has 0 fully saturated rings. The van der Waals surface area contributed by atoms with E-state index in [4.69, 9.17) is 9.15 Å². The number of aromatic hydroxyl groups is 1. The molecule has 0 bridgehead atoms. The summed E-state index contributed by atoms with van der Waals surface area (Å²) in [7, 11) is 1.34. The van der Waals surface area contributed by atoms with Gasteiger partial charge in [0.1, 0.15) is 23.2 Å². The summed E-state index contributed by atoms with van der Waals surface area (Å²) in [5.74, 6) is -0.198. The highest BCUT2D eigenvalue weighted by Crippen LogP contribution is 2.37. The Kier molecular flexibility index (Phi) is 5.34. The number of aliphatic hydroxyl groups excluding tert-OH is 1. The Labute approximate surface area is 159 Å². The Bertz CT molecular complexity index is 929. The van der Waals surface area contributed by atoms with Gasteiger partial charge in [0.25, 0.3) is 0 Å². The van der Waals surface area contributed by atoms with E-state index in [9.17, 15) is 15.0 Å². The Morgan fingerprint density at radius 2 is 1.92 bits per heavy atom. The molecular weight excluding hydrogens is 400 g/mol. The molecule has 0 aliphatic rings. The highest BCUT2D eigenvalue weighted by Gasteiger charge is 2.26. The SMILES string of the molecule is COC(=O)C(C)Cc1oc2ccc(O)cc2c1C(O)c1ccc(Br)cc1. The third-order valence-electron chi connectivity index (χ3n) is 4.34. The Hall–Kier alpha value is -2.31. The van der Waals surface area contributed by atoms with Crippen LogP contribution in [0.5, 0.6) is 5.75 Å². The van der Waals surface area contributed by atoms with Gasteiger partial charge in [-0.1, -0.05) is 35.0 Å². The van der Waals surface area contributed by atoms with Crippen molar-refractivity contribution in [1.29, 1.82) is 0 Å². The van der Waals surface area contributed by atoms with Crippen molar-refractivity contribution in [2.24, 2.45) is 5.92 Å². The van der Waals surface area contributed by atoms with Crippen LogP contribution in [0.2, 0.25) is 0 Å². The van der Waals surface area contributed by atoms with Crippen LogP contribution in [0.4, 0.5) is 0 Å². The molecule has 0 saturated carbocycles. The van der Waals surface area contributed by atoms with Crippen molar-refractivity contribution in [2.45, 2.75) is 19.4 Å². The van der Waals surface area contributed by atoms with E-state index in [0.717, 1.165) is 4.47 Å². The number of aliphatic hydroxyl groups is 1. The summed E-state index contributed by atoms with van der Waals surface area (Å²) in [6.07, 6.45) is -0.670. The van der Waals surface area contributed by atoms with E-state index < -0.39 is 12.0 Å². The maximum Gasteiger partial charge on any atom is 0.308 e. The van der Waals surface area contributed by atoms with E-state index in [1.54, 1.807) is 19.1 Å². The zero-order chi connectivity index (χ0) is 18.8. The van der Waals surface area contributed by atoms with E-state index in [1.807, 2.05) is 24.3 Å². The fourth-order valence-electron chi connectivity index (χ4n) is 2.98. The molecular formula is C20H19BrO5. The number of hydrogen-bond acceptors (Lipinski definition) is 5. The van der Waals surface area contributed by atoms with Gasteiger partial charge in [-0.05, 0) is 35.9 Å². The second-order valence-corrected chi connectivity index (χ2v) is 7.12. The van der Waals surface area contributed by atoms with Gasteiger partial charge >= 0.3 is 5.97 Å². The maximum atomic E-state index is 11.8. The van der Waals surface area contributed by atoms with Gasteiger partial charge in [-0.3, -0.25) is 4.79 Å². The molecule has 26 heavy (non-hydrogen) atoms. The third-order valence-corrected chi connectivity index (χ3v) is 4.87. The number of benzene rings is 2. The maximum absolute atomic E-state index is 11.8. The highest BCUT2D eigenvalue weighted by atomic mass is 79.9. The average molecular weight is 419 g/mol. The summed E-state index contributed by atoms with van der Waals surface area (Å²) < 4.78 is 11.6. The van der Waals surface area contributed by atoms with Crippen molar-refractivity contribution < 1.29 is 24.2 Å². The van der Waals surface area contributed by atoms with Crippen molar-refractivity contribution >= 4 is 32.9 Å². The fourth-order valence-corrected chi connectivity index (χ4v) is 3.25. The minimum absolute atomic E-state index is 0.0788. The predicted octanol–water partition coefficient (Wildman–Crippen LogP) is 4.33. The van der Waals surface area contributed by atoms with Crippen LogP contribution in [0.15, 0.2) is 51.4 Å². The number of ether oxygens (including phenoxy) is 1. The molecule has 0 radical (unpaired) electrons. The first-order valence-electron chi connectivity index (χ1n) is 8.16. The van der Waals surface area contributed by atoms with E-state index in [0.29, 0.717) is 27.9 Å². The molecule has 3 aromatic rings. The first-order chi connectivity index (χ1) is 12.4. The van der Waals surface area contributed by atoms with Crippen molar-refractivity contribution in [3.8, 4) is 5.75 Å². The van der Waals surface area contributed by atoms with Gasteiger partial charge in [-0.2, -0.15) is 0 Å². The predicted molar refractivity (Wildman–Crippen MR) is 101 cm³/mol. The molecule has 2 atom stereocenters. The number of hydrogen-bond donors (Lipinski definition) is 2. The summed E-state index contributed by atoms with van der Waals surface area (Å²) in [6.45, 7) is 1.74. The van der Waals surface area contributed by atoms with Crippen LogP contribution in [0.25, 0.3) is 11.0 Å². The van der Waals surface area contributed by atoms with Gasteiger partial charge in [-0.15, -0.1) is 0 Å². The second kappa shape index (κ2) is 7.51. The molecule has 0 amide bonds. The number of phenols is 1. The van der Waals surface area contributed by atoms with Crippen LogP contribution in [-0.2, 0) is 16.0 Å². The number of furan rings is 1. The van der Waals surface area contributed by atoms with Crippen LogP contribution in [0, 0.1) is 5.92 Å². The fraction of sp³-hybridized carbons (Fsp3) is 0.250. The Morgan fingerprint density at radius 3 is 2.58 bits per heavy atom. The summed E-state index contributed by atoms with van der Waals surface area (Å²) in [4.78, 5) is 11.8. The van der Waals surface area contributed by atoms with Gasteiger partial charge in [0.2, 0.25) is 0 Å². The summed E-state index contributed by atoms with van der Waals surface area (Å²) in [6, 6.07) is 12.0. The lowest BCUT2D eigenvalue weighted by Crippen LogP contribution is -2.16. The number of phenolic OH excluding ortho intramolecular Hbond substituents is 1. The van der Waals surface area contributed by atoms with Gasteiger partial charge in [0.15, 0.2) is 0 Å². The lowest BCUT2D eigenvalue weighted by molar-refractivity contribution is -0.144. The number of carbonyl (C=O) groups excluding carboxylic acids is 1. The molecule has 0 aliphatic heterocycles. The van der Waals surface area contributed by atoms with E-state index in [1.165, 1.54) is 13.2 Å². The first kappa shape index (κ1) is 18.5. The molecule has 5 nitrogen and oxygen atoms in total. The number of esters is 1. The Balaban J connectivity index is 2.10. The number of halogens is 1. The molecule has 2 unspecified atom stereocenters. The summed E-state index contributed by atoms with van der Waals surface area (Å²) >= 11 is 3.38. The van der Waals surface area contributed by atoms with Crippen LogP contribution >= 0.6 is 15.9 Å². The van der Waals surface area contributed by atoms with E-state index >= 15 is 0 Å². The number of rotatable bonds is 5. The molecule has 2 N–H and O–H groups in total. The lowest BCUT2D eigenvalue weighted by atomic mass is 9.95. The molecule has 0 saturated heterocycles. The van der Waals surface area contributed by atoms with Crippen LogP contribution in [0.3, 0.4) is 0 Å². The highest BCUT2D eigenvalue weighted by molar-refractivity contribution is 9.10. The van der Waals surface area contributed by atoms with Crippen molar-refractivity contribution in [3.05, 3.63) is 63.8 Å². The third kappa shape index (κ3) is 3.61. The monoisotopic (exact) mass is 418 g/mol. The first-order valence-corrected chi connectivity index (χ1v) is 8.95. The normalized spacial score (nSPS) is 13.5. The van der Waals surface area contributed by atoms with Crippen LogP contribution in [-0.4, -0.2) is 23.3 Å². The number of fused-ring (bicyclic) bond motifs is 1. The van der Waals surface area contributed by atoms with Crippen LogP contribution < -0.4 is 0 Å². The summed E-state index contributed by atoms with van der Waals surface area (Å²) in [5.41, 5.74) is 1.78. The van der Waals surface area contributed by atoms with E-state index in [2.05, 4.69) is 15.9 Å². The summed E-state index contributed by atoms with van der Waals surface area (Å²) in [5, 5.41) is 21.5. The standard InChI is InChI=1S/C20H19BrO5/c1-11(20(24)25-2)9-17-18(15-10-14(22)7-8-16(15)26-17)19(23)12-3-5-13(21)6-4-12/h3-8,10-11,19,22-23H,9H2,1-2H3. The molecule has 0 aliphatic carbocycles. The van der Waals surface area contributed by atoms with Crippen molar-refractivity contribution in [2.75, 3.05) is 7.11 Å². The number of methoxy groups -OCH3 is 1. The van der Waals surface area contributed by atoms with Crippen LogP contribution in [0.1, 0.15) is 29.9 Å². The zero-order valence-electron chi connectivity index (χ0n) is 14.4. The smallest absolute Gasteiger partial charge is 0.308 e. The molecule has 3 rings (SSSR count). The molecule has 6 heteroatoms. The van der Waals surface area contributed by atoms with Gasteiger partial charge < -0.3 is 19.4 Å². The van der Waals surface area contributed by atoms with Crippen molar-refractivity contribution in [3.63, 3.8) is 0 Å². The largest absolute Gasteiger partial charge is 0.508 e. The van der Waals surface area contributed by atoms with Gasteiger partial charge in [0, 0.05) is 21.8 Å². The molecule has 1 heterocycles. The minimum atomic E-state index is -0.953. The molecule has 1 aromatic heterocycles. The Morgan fingerprint density at radius 1 is 1.23 bits per heavy atom. The van der Waals surface area contributed by atoms with Gasteiger partial charge in [0.05, 0.1) is 13.0 Å². The minimum Gasteiger partial charge on any atom is -0.508 e. The van der Waals surface area contributed by atoms with E-state index in [-0.39, 0.29) is 18.1 Å². The molecule has 2 aromatic carbocycles. The average Bonchev–Trinajstić information content (AvgIpc) is 2.97.